The molecule has 0 aliphatic carbocycles. The molecule has 0 radical (unpaired) electrons. The molecule has 2 amide bonds. The predicted octanol–water partition coefficient (Wildman–Crippen LogP) is 3.48. The molecule has 0 saturated carbocycles. The lowest BCUT2D eigenvalue weighted by molar-refractivity contribution is -0.129. The number of carbonyl (C=O) groups excluding carboxylic acids is 2. The van der Waals surface area contributed by atoms with E-state index in [0.717, 1.165) is 53.8 Å². The van der Waals surface area contributed by atoms with Crippen LogP contribution in [0.2, 0.25) is 0 Å². The van der Waals surface area contributed by atoms with Crippen molar-refractivity contribution in [3.63, 3.8) is 0 Å². The van der Waals surface area contributed by atoms with Gasteiger partial charge in [0.25, 0.3) is 5.91 Å². The highest BCUT2D eigenvalue weighted by Crippen LogP contribution is 2.32. The van der Waals surface area contributed by atoms with E-state index in [1.165, 1.54) is 0 Å². The number of rotatable bonds is 8. The molecule has 9 nitrogen and oxygen atoms in total. The van der Waals surface area contributed by atoms with Crippen LogP contribution in [0.5, 0.6) is 0 Å². The van der Waals surface area contributed by atoms with Crippen LogP contribution in [0.25, 0.3) is 10.8 Å². The number of nitrogens with zero attached hydrogens (tertiary/aromatic N) is 7. The summed E-state index contributed by atoms with van der Waals surface area (Å²) in [6.45, 7) is 10.9. The maximum atomic E-state index is 13.4. The molecule has 1 aromatic carbocycles. The van der Waals surface area contributed by atoms with E-state index < -0.39 is 0 Å². The molecule has 37 heavy (non-hydrogen) atoms. The molecule has 0 bridgehead atoms. The second-order valence-corrected chi connectivity index (χ2v) is 9.78. The number of aromatic nitrogens is 3. The molecule has 1 saturated heterocycles. The van der Waals surface area contributed by atoms with Gasteiger partial charge in [0, 0.05) is 63.3 Å². The molecule has 2 aromatic heterocycles. The number of hydrogen-bond acceptors (Lipinski definition) is 7. The molecular formula is C28H35N7O2. The number of hydrogen-bond donors (Lipinski definition) is 0. The number of pyridine rings is 1. The van der Waals surface area contributed by atoms with E-state index in [4.69, 9.17) is 15.0 Å². The molecule has 3 aromatic rings. The summed E-state index contributed by atoms with van der Waals surface area (Å²) in [6.07, 6.45) is 3.90. The fraction of sp³-hybridized carbons (Fsp3) is 0.464. The molecule has 2 aliphatic heterocycles. The van der Waals surface area contributed by atoms with Crippen LogP contribution in [0.4, 0.5) is 11.8 Å². The summed E-state index contributed by atoms with van der Waals surface area (Å²) >= 11 is 0. The van der Waals surface area contributed by atoms with Crippen molar-refractivity contribution < 1.29 is 9.59 Å². The van der Waals surface area contributed by atoms with Crippen LogP contribution in [0.1, 0.15) is 55.4 Å². The molecule has 0 N–H and O–H groups in total. The summed E-state index contributed by atoms with van der Waals surface area (Å²) in [4.78, 5) is 47.8. The number of amides is 2. The highest BCUT2D eigenvalue weighted by atomic mass is 16.2. The van der Waals surface area contributed by atoms with Crippen LogP contribution in [-0.4, -0.2) is 75.8 Å². The molecule has 9 heteroatoms. The van der Waals surface area contributed by atoms with E-state index in [1.54, 1.807) is 6.92 Å². The Kier molecular flexibility index (Phi) is 7.21. The topological polar surface area (TPSA) is 85.8 Å². The Balaban J connectivity index is 1.49. The average molecular weight is 502 g/mol. The Hall–Kier alpha value is -3.75. The van der Waals surface area contributed by atoms with E-state index in [0.29, 0.717) is 50.9 Å². The molecule has 1 fully saturated rings. The molecule has 194 valence electrons. The molecule has 2 aliphatic rings. The highest BCUT2D eigenvalue weighted by Gasteiger charge is 2.35. The number of carbonyl (C=O) groups is 2. The minimum Gasteiger partial charge on any atom is -0.351 e. The van der Waals surface area contributed by atoms with Crippen LogP contribution in [0.3, 0.4) is 0 Å². The maximum absolute atomic E-state index is 13.4. The van der Waals surface area contributed by atoms with Crippen LogP contribution in [0, 0.1) is 0 Å². The zero-order valence-electron chi connectivity index (χ0n) is 22.0. The van der Waals surface area contributed by atoms with Gasteiger partial charge in [0.2, 0.25) is 11.9 Å². The second-order valence-electron chi connectivity index (χ2n) is 9.78. The lowest BCUT2D eigenvalue weighted by Crippen LogP contribution is -2.48. The number of benzene rings is 1. The van der Waals surface area contributed by atoms with Crippen LogP contribution in [-0.2, 0) is 17.9 Å². The number of unbranched alkanes of at least 4 members (excludes halogenated alkanes) is 1. The fourth-order valence-corrected chi connectivity index (χ4v) is 5.10. The van der Waals surface area contributed by atoms with E-state index in [9.17, 15) is 9.59 Å². The third kappa shape index (κ3) is 5.08. The molecule has 0 atom stereocenters. The minimum atomic E-state index is -0.0180. The average Bonchev–Trinajstić information content (AvgIpc) is 3.25. The lowest BCUT2D eigenvalue weighted by atomic mass is 10.1. The summed E-state index contributed by atoms with van der Waals surface area (Å²) < 4.78 is 0. The largest absolute Gasteiger partial charge is 0.351 e. The van der Waals surface area contributed by atoms with Crippen LogP contribution < -0.4 is 9.80 Å². The third-order valence-electron chi connectivity index (χ3n) is 7.32. The Morgan fingerprint density at radius 1 is 1.05 bits per heavy atom. The van der Waals surface area contributed by atoms with Gasteiger partial charge >= 0.3 is 0 Å². The molecule has 0 unspecified atom stereocenters. The maximum Gasteiger partial charge on any atom is 0.273 e. The number of fused-ring (bicyclic) bond motifs is 2. The summed E-state index contributed by atoms with van der Waals surface area (Å²) in [5.74, 6) is 1.43. The summed E-state index contributed by atoms with van der Waals surface area (Å²) in [5.41, 5.74) is 2.36. The van der Waals surface area contributed by atoms with E-state index in [2.05, 4.69) is 41.8 Å². The SMILES string of the molecule is CCCCN1Cc2c(nc(N3CCN(C(C)=O)CC3)nc2N(CC)Cc2cc3ccccc3cn2)C1=O. The first-order valence-corrected chi connectivity index (χ1v) is 13.3. The standard InChI is InChI=1S/C28H35N7O2/c1-4-6-11-35-19-24-25(27(35)37)30-28(34-14-12-33(13-15-34)20(3)36)31-26(24)32(5-2)18-23-16-21-9-7-8-10-22(21)17-29-23/h7-10,16-17H,4-6,11-15,18-19H2,1-3H3. The minimum absolute atomic E-state index is 0.0180. The van der Waals surface area contributed by atoms with Crippen molar-refractivity contribution in [2.24, 2.45) is 0 Å². The van der Waals surface area contributed by atoms with Crippen molar-refractivity contribution in [3.05, 3.63) is 53.5 Å². The van der Waals surface area contributed by atoms with Gasteiger partial charge in [-0.15, -0.1) is 0 Å². The Bertz CT molecular complexity index is 1300. The Morgan fingerprint density at radius 2 is 1.81 bits per heavy atom. The van der Waals surface area contributed by atoms with Gasteiger partial charge in [0.15, 0.2) is 0 Å². The van der Waals surface area contributed by atoms with Gasteiger partial charge < -0.3 is 19.6 Å². The summed E-state index contributed by atoms with van der Waals surface area (Å²) in [7, 11) is 0. The first kappa shape index (κ1) is 24.9. The Morgan fingerprint density at radius 3 is 2.51 bits per heavy atom. The van der Waals surface area contributed by atoms with Crippen molar-refractivity contribution in [2.75, 3.05) is 49.1 Å². The number of anilines is 2. The second kappa shape index (κ2) is 10.7. The van der Waals surface area contributed by atoms with Crippen molar-refractivity contribution >= 4 is 34.4 Å². The highest BCUT2D eigenvalue weighted by molar-refractivity contribution is 5.98. The van der Waals surface area contributed by atoms with Gasteiger partial charge in [-0.2, -0.15) is 4.98 Å². The summed E-state index contributed by atoms with van der Waals surface area (Å²) in [6, 6.07) is 10.3. The lowest BCUT2D eigenvalue weighted by Gasteiger charge is -2.35. The zero-order chi connectivity index (χ0) is 25.9. The quantitative estimate of drug-likeness (QED) is 0.467. The van der Waals surface area contributed by atoms with Crippen molar-refractivity contribution in [1.29, 1.82) is 0 Å². The number of piperazine rings is 1. The van der Waals surface area contributed by atoms with Gasteiger partial charge in [-0.05, 0) is 24.8 Å². The smallest absolute Gasteiger partial charge is 0.273 e. The predicted molar refractivity (Wildman–Crippen MR) is 145 cm³/mol. The van der Waals surface area contributed by atoms with Crippen molar-refractivity contribution in [2.45, 2.75) is 46.7 Å². The van der Waals surface area contributed by atoms with Gasteiger partial charge in [-0.3, -0.25) is 14.6 Å². The first-order chi connectivity index (χ1) is 18.0. The van der Waals surface area contributed by atoms with E-state index in [-0.39, 0.29) is 11.8 Å². The molecule has 4 heterocycles. The van der Waals surface area contributed by atoms with Gasteiger partial charge in [0.1, 0.15) is 11.5 Å². The molecule has 5 rings (SSSR count). The van der Waals surface area contributed by atoms with Crippen molar-refractivity contribution in [1.82, 2.24) is 24.8 Å². The van der Waals surface area contributed by atoms with Gasteiger partial charge in [-0.25, -0.2) is 4.98 Å². The Labute approximate surface area is 218 Å². The van der Waals surface area contributed by atoms with E-state index in [1.807, 2.05) is 28.1 Å². The van der Waals surface area contributed by atoms with Crippen molar-refractivity contribution in [3.8, 4) is 0 Å². The zero-order valence-corrected chi connectivity index (χ0v) is 22.0. The van der Waals surface area contributed by atoms with Crippen LogP contribution >= 0.6 is 0 Å². The van der Waals surface area contributed by atoms with Gasteiger partial charge in [0.05, 0.1) is 18.8 Å². The third-order valence-corrected chi connectivity index (χ3v) is 7.32. The first-order valence-electron chi connectivity index (χ1n) is 13.3. The monoisotopic (exact) mass is 501 g/mol. The molecular weight excluding hydrogens is 466 g/mol. The van der Waals surface area contributed by atoms with Gasteiger partial charge in [-0.1, -0.05) is 37.6 Å². The normalized spacial score (nSPS) is 15.4. The molecule has 0 spiro atoms. The summed E-state index contributed by atoms with van der Waals surface area (Å²) in [5, 5.41) is 2.27. The van der Waals surface area contributed by atoms with Crippen LogP contribution in [0.15, 0.2) is 36.5 Å². The van der Waals surface area contributed by atoms with E-state index >= 15 is 0 Å². The fourth-order valence-electron chi connectivity index (χ4n) is 5.10.